The van der Waals surface area contributed by atoms with Crippen molar-refractivity contribution in [2.45, 2.75) is 43.6 Å². The van der Waals surface area contributed by atoms with Gasteiger partial charge in [-0.1, -0.05) is 30.2 Å². The van der Waals surface area contributed by atoms with Crippen molar-refractivity contribution in [1.82, 2.24) is 15.1 Å². The molecule has 202 valence electrons. The number of ketones is 1. The quantitative estimate of drug-likeness (QED) is 0.576. The van der Waals surface area contributed by atoms with E-state index < -0.39 is 17.4 Å². The molecule has 2 aromatic carbocycles. The standard InChI is InChI=1S/C29H33ClFN3O4/c1-33(28(37)38-24-11-9-23(31)10-12-24)29(18-32-17-25(29)19-5-7-22(30)8-6-19)26(35)20-13-15-34(16-14-20)27(36)21-3-2-4-21/h5-12,20-21,25,32H,2-4,13-18H2,1H3/t25-,29+/m0/s1. The van der Waals surface area contributed by atoms with Crippen LogP contribution in [0.15, 0.2) is 48.5 Å². The summed E-state index contributed by atoms with van der Waals surface area (Å²) in [6.45, 7) is 1.87. The summed E-state index contributed by atoms with van der Waals surface area (Å²) >= 11 is 6.14. The predicted octanol–water partition coefficient (Wildman–Crippen LogP) is 4.64. The van der Waals surface area contributed by atoms with Gasteiger partial charge < -0.3 is 15.0 Å². The number of rotatable bonds is 6. The van der Waals surface area contributed by atoms with Gasteiger partial charge in [-0.2, -0.15) is 0 Å². The number of ether oxygens (including phenoxy) is 1. The van der Waals surface area contributed by atoms with Gasteiger partial charge in [0.15, 0.2) is 5.78 Å². The van der Waals surface area contributed by atoms with Crippen LogP contribution in [0.2, 0.25) is 5.02 Å². The van der Waals surface area contributed by atoms with Crippen LogP contribution in [0.3, 0.4) is 0 Å². The highest BCUT2D eigenvalue weighted by Crippen LogP contribution is 2.41. The van der Waals surface area contributed by atoms with Crippen molar-refractivity contribution in [3.8, 4) is 5.75 Å². The van der Waals surface area contributed by atoms with Gasteiger partial charge in [0, 0.05) is 56.0 Å². The second-order valence-electron chi connectivity index (χ2n) is 10.6. The van der Waals surface area contributed by atoms with Crippen molar-refractivity contribution in [3.05, 3.63) is 64.9 Å². The molecule has 2 aromatic rings. The summed E-state index contributed by atoms with van der Waals surface area (Å²) in [4.78, 5) is 43.9. The fraction of sp³-hybridized carbons (Fsp3) is 0.483. The molecule has 2 atom stereocenters. The first-order valence-corrected chi connectivity index (χ1v) is 13.7. The number of carbonyl (C=O) groups is 3. The molecule has 0 bridgehead atoms. The number of amides is 2. The van der Waals surface area contributed by atoms with E-state index in [1.807, 2.05) is 17.0 Å². The summed E-state index contributed by atoms with van der Waals surface area (Å²) < 4.78 is 18.9. The average Bonchev–Trinajstić information content (AvgIpc) is 3.34. The molecular formula is C29H33ClFN3O4. The van der Waals surface area contributed by atoms with Gasteiger partial charge in [0.05, 0.1) is 0 Å². The maximum Gasteiger partial charge on any atom is 0.415 e. The molecular weight excluding hydrogens is 509 g/mol. The molecule has 9 heteroatoms. The minimum absolute atomic E-state index is 0.0308. The lowest BCUT2D eigenvalue weighted by molar-refractivity contribution is -0.143. The van der Waals surface area contributed by atoms with E-state index in [1.54, 1.807) is 19.2 Å². The Morgan fingerprint density at radius 3 is 2.26 bits per heavy atom. The van der Waals surface area contributed by atoms with Crippen LogP contribution >= 0.6 is 11.6 Å². The molecule has 2 amide bonds. The van der Waals surface area contributed by atoms with E-state index in [4.69, 9.17) is 16.3 Å². The Kier molecular flexibility index (Phi) is 7.73. The third-order valence-electron chi connectivity index (χ3n) is 8.54. The van der Waals surface area contributed by atoms with Gasteiger partial charge in [-0.25, -0.2) is 9.18 Å². The number of Topliss-reactive ketones (excluding diaryl/α,β-unsaturated/α-hetero) is 1. The van der Waals surface area contributed by atoms with E-state index in [1.165, 1.54) is 29.2 Å². The molecule has 2 heterocycles. The van der Waals surface area contributed by atoms with Gasteiger partial charge in [-0.15, -0.1) is 0 Å². The van der Waals surface area contributed by atoms with Gasteiger partial charge >= 0.3 is 6.09 Å². The summed E-state index contributed by atoms with van der Waals surface area (Å²) in [5.41, 5.74) is -0.303. The lowest BCUT2D eigenvalue weighted by Crippen LogP contribution is -2.62. The first-order chi connectivity index (χ1) is 18.3. The molecule has 38 heavy (non-hydrogen) atoms. The Morgan fingerprint density at radius 2 is 1.66 bits per heavy atom. The topological polar surface area (TPSA) is 79.0 Å². The van der Waals surface area contributed by atoms with E-state index >= 15 is 0 Å². The monoisotopic (exact) mass is 541 g/mol. The third kappa shape index (κ3) is 5.04. The fourth-order valence-corrected chi connectivity index (χ4v) is 6.15. The van der Waals surface area contributed by atoms with Crippen molar-refractivity contribution in [3.63, 3.8) is 0 Å². The van der Waals surface area contributed by atoms with E-state index in [0.717, 1.165) is 24.8 Å². The largest absolute Gasteiger partial charge is 0.415 e. The van der Waals surface area contributed by atoms with E-state index in [-0.39, 0.29) is 41.7 Å². The van der Waals surface area contributed by atoms with Gasteiger partial charge in [0.1, 0.15) is 17.1 Å². The van der Waals surface area contributed by atoms with Crippen LogP contribution in [0.5, 0.6) is 5.75 Å². The highest BCUT2D eigenvalue weighted by molar-refractivity contribution is 6.30. The van der Waals surface area contributed by atoms with Gasteiger partial charge in [0.25, 0.3) is 0 Å². The van der Waals surface area contributed by atoms with Crippen LogP contribution in [0.25, 0.3) is 0 Å². The van der Waals surface area contributed by atoms with Crippen molar-refractivity contribution in [2.24, 2.45) is 11.8 Å². The van der Waals surface area contributed by atoms with Crippen LogP contribution in [0, 0.1) is 17.7 Å². The van der Waals surface area contributed by atoms with Gasteiger partial charge in [-0.05, 0) is 67.6 Å². The number of halogens is 2. The smallest absolute Gasteiger partial charge is 0.410 e. The zero-order valence-electron chi connectivity index (χ0n) is 21.5. The van der Waals surface area contributed by atoms with Gasteiger partial charge in [0.2, 0.25) is 5.91 Å². The fourth-order valence-electron chi connectivity index (χ4n) is 6.03. The van der Waals surface area contributed by atoms with Crippen LogP contribution in [0.1, 0.15) is 43.6 Å². The number of piperidine rings is 1. The molecule has 1 N–H and O–H groups in total. The number of nitrogens with zero attached hydrogens (tertiary/aromatic N) is 2. The number of carbonyl (C=O) groups excluding carboxylic acids is 3. The Balaban J connectivity index is 1.40. The average molecular weight is 542 g/mol. The molecule has 0 unspecified atom stereocenters. The van der Waals surface area contributed by atoms with Crippen LogP contribution in [-0.2, 0) is 9.59 Å². The van der Waals surface area contributed by atoms with Crippen LogP contribution < -0.4 is 10.1 Å². The number of likely N-dealkylation sites (tertiary alicyclic amines) is 1. The lowest BCUT2D eigenvalue weighted by Gasteiger charge is -2.44. The molecule has 0 aromatic heterocycles. The summed E-state index contributed by atoms with van der Waals surface area (Å²) in [7, 11) is 1.59. The Labute approximate surface area is 227 Å². The number of likely N-dealkylation sites (N-methyl/N-ethyl adjacent to an activating group) is 1. The van der Waals surface area contributed by atoms with Crippen molar-refractivity contribution >= 4 is 29.4 Å². The van der Waals surface area contributed by atoms with E-state index in [0.29, 0.717) is 37.5 Å². The number of nitrogens with one attached hydrogen (secondary N) is 1. The highest BCUT2D eigenvalue weighted by atomic mass is 35.5. The molecule has 2 aliphatic heterocycles. The maximum absolute atomic E-state index is 14.4. The number of hydrogen-bond acceptors (Lipinski definition) is 5. The molecule has 1 aliphatic carbocycles. The van der Waals surface area contributed by atoms with Gasteiger partial charge in [-0.3, -0.25) is 14.5 Å². The minimum atomic E-state index is -1.20. The Hall–Kier alpha value is -2.97. The van der Waals surface area contributed by atoms with Crippen LogP contribution in [-0.4, -0.2) is 66.3 Å². The SMILES string of the molecule is CN(C(=O)Oc1ccc(F)cc1)[C@]1(C(=O)C2CCN(C(=O)C3CCC3)CC2)CNC[C@H]1c1ccc(Cl)cc1. The second-order valence-corrected chi connectivity index (χ2v) is 11.1. The first-order valence-electron chi connectivity index (χ1n) is 13.3. The molecule has 1 saturated carbocycles. The third-order valence-corrected chi connectivity index (χ3v) is 8.79. The molecule has 0 radical (unpaired) electrons. The van der Waals surface area contributed by atoms with E-state index in [9.17, 15) is 18.8 Å². The summed E-state index contributed by atoms with van der Waals surface area (Å²) in [5.74, 6) is -0.550. The highest BCUT2D eigenvalue weighted by Gasteiger charge is 2.56. The zero-order valence-corrected chi connectivity index (χ0v) is 22.3. The summed E-state index contributed by atoms with van der Waals surface area (Å²) in [6, 6.07) is 12.5. The Morgan fingerprint density at radius 1 is 1.00 bits per heavy atom. The first kappa shape index (κ1) is 26.6. The molecule has 0 spiro atoms. The summed E-state index contributed by atoms with van der Waals surface area (Å²) in [5, 5.41) is 3.93. The lowest BCUT2D eigenvalue weighted by atomic mass is 9.72. The Bertz CT molecular complexity index is 1180. The molecule has 3 aliphatic rings. The number of benzene rings is 2. The predicted molar refractivity (Wildman–Crippen MR) is 142 cm³/mol. The van der Waals surface area contributed by atoms with Crippen LogP contribution in [0.4, 0.5) is 9.18 Å². The van der Waals surface area contributed by atoms with Crippen molar-refractivity contribution in [2.75, 3.05) is 33.2 Å². The van der Waals surface area contributed by atoms with Crippen molar-refractivity contribution < 1.29 is 23.5 Å². The zero-order chi connectivity index (χ0) is 26.9. The van der Waals surface area contributed by atoms with E-state index in [2.05, 4.69) is 5.32 Å². The molecule has 5 rings (SSSR count). The normalized spacial score (nSPS) is 24.1. The number of hydrogen-bond donors (Lipinski definition) is 1. The minimum Gasteiger partial charge on any atom is -0.410 e. The molecule has 3 fully saturated rings. The maximum atomic E-state index is 14.4. The molecule has 2 saturated heterocycles. The van der Waals surface area contributed by atoms with Crippen molar-refractivity contribution in [1.29, 1.82) is 0 Å². The summed E-state index contributed by atoms with van der Waals surface area (Å²) in [6.07, 6.45) is 3.45. The second kappa shape index (κ2) is 11.0. The molecule has 7 nitrogen and oxygen atoms in total.